The zero-order valence-corrected chi connectivity index (χ0v) is 18.6. The molecule has 0 saturated heterocycles. The van der Waals surface area contributed by atoms with Crippen LogP contribution in [0.25, 0.3) is 0 Å². The van der Waals surface area contributed by atoms with Crippen LogP contribution in [-0.4, -0.2) is 31.3 Å². The van der Waals surface area contributed by atoms with Gasteiger partial charge >= 0.3 is 4.83 Å². The molecule has 1 aliphatic rings. The molecular formula is C21H39BrF2O2. The van der Waals surface area contributed by atoms with Crippen LogP contribution in [0.15, 0.2) is 0 Å². The van der Waals surface area contributed by atoms with Crippen LogP contribution in [0, 0.1) is 17.3 Å². The number of hydrogen-bond acceptors (Lipinski definition) is 2. The summed E-state index contributed by atoms with van der Waals surface area (Å²) in [7, 11) is 0. The Morgan fingerprint density at radius 3 is 1.81 bits per heavy atom. The van der Waals surface area contributed by atoms with E-state index in [0.29, 0.717) is 38.8 Å². The van der Waals surface area contributed by atoms with Crippen LogP contribution in [-0.2, 0) is 9.47 Å². The molecule has 0 aromatic carbocycles. The molecule has 1 fully saturated rings. The summed E-state index contributed by atoms with van der Waals surface area (Å²) in [6.07, 6.45) is 9.05. The third-order valence-electron chi connectivity index (χ3n) is 5.85. The van der Waals surface area contributed by atoms with E-state index in [1.54, 1.807) is 0 Å². The summed E-state index contributed by atoms with van der Waals surface area (Å²) in [6, 6.07) is 0. The number of ether oxygens (including phenoxy) is 2. The Morgan fingerprint density at radius 2 is 1.38 bits per heavy atom. The number of hydrogen-bond donors (Lipinski definition) is 0. The van der Waals surface area contributed by atoms with Crippen molar-refractivity contribution in [3.63, 3.8) is 0 Å². The highest BCUT2D eigenvalue weighted by Crippen LogP contribution is 2.46. The molecule has 26 heavy (non-hydrogen) atoms. The highest BCUT2D eigenvalue weighted by molar-refractivity contribution is 9.09. The Balaban J connectivity index is 2.84. The summed E-state index contributed by atoms with van der Waals surface area (Å²) in [6.45, 7) is 9.07. The van der Waals surface area contributed by atoms with E-state index in [9.17, 15) is 8.78 Å². The summed E-state index contributed by atoms with van der Waals surface area (Å²) < 4.78 is 39.2. The van der Waals surface area contributed by atoms with Gasteiger partial charge in [-0.1, -0.05) is 46.5 Å². The number of unbranched alkanes of at least 4 members (excludes halogenated alkanes) is 2. The monoisotopic (exact) mass is 440 g/mol. The van der Waals surface area contributed by atoms with Crippen molar-refractivity contribution in [2.24, 2.45) is 17.3 Å². The minimum Gasteiger partial charge on any atom is -0.381 e. The van der Waals surface area contributed by atoms with Gasteiger partial charge in [0.05, 0.1) is 13.2 Å². The van der Waals surface area contributed by atoms with E-state index in [1.807, 2.05) is 0 Å². The van der Waals surface area contributed by atoms with Gasteiger partial charge in [0.1, 0.15) is 0 Å². The first-order valence-corrected chi connectivity index (χ1v) is 11.3. The molecule has 0 bridgehead atoms. The Kier molecular flexibility index (Phi) is 11.8. The van der Waals surface area contributed by atoms with Crippen LogP contribution in [0.2, 0.25) is 0 Å². The largest absolute Gasteiger partial charge is 0.381 e. The Hall–Kier alpha value is 0.260. The summed E-state index contributed by atoms with van der Waals surface area (Å²) in [5, 5.41) is 0. The highest BCUT2D eigenvalue weighted by Gasteiger charge is 2.42. The van der Waals surface area contributed by atoms with E-state index in [2.05, 4.69) is 36.7 Å². The molecule has 0 atom stereocenters. The van der Waals surface area contributed by atoms with E-state index in [1.165, 1.54) is 12.8 Å². The molecule has 2 nitrogen and oxygen atoms in total. The average Bonchev–Trinajstić information content (AvgIpc) is 2.60. The molecule has 0 unspecified atom stereocenters. The molecule has 0 radical (unpaired) electrons. The zero-order chi connectivity index (χ0) is 19.5. The number of alkyl halides is 3. The lowest BCUT2D eigenvalue weighted by Gasteiger charge is -2.44. The van der Waals surface area contributed by atoms with Crippen LogP contribution < -0.4 is 0 Å². The van der Waals surface area contributed by atoms with Gasteiger partial charge in [-0.2, -0.15) is 8.78 Å². The fourth-order valence-electron chi connectivity index (χ4n) is 3.93. The van der Waals surface area contributed by atoms with Crippen LogP contribution >= 0.6 is 15.9 Å². The average molecular weight is 441 g/mol. The third kappa shape index (κ3) is 9.45. The number of halogens is 3. The first-order valence-electron chi connectivity index (χ1n) is 10.5. The quantitative estimate of drug-likeness (QED) is 0.210. The van der Waals surface area contributed by atoms with E-state index < -0.39 is 4.83 Å². The molecule has 0 aromatic heterocycles. The molecule has 1 aliphatic carbocycles. The Morgan fingerprint density at radius 1 is 0.885 bits per heavy atom. The highest BCUT2D eigenvalue weighted by atomic mass is 79.9. The summed E-state index contributed by atoms with van der Waals surface area (Å²) in [5.41, 5.74) is -0.293. The van der Waals surface area contributed by atoms with Crippen molar-refractivity contribution in [3.8, 4) is 0 Å². The van der Waals surface area contributed by atoms with Gasteiger partial charge in [0.25, 0.3) is 0 Å². The van der Waals surface area contributed by atoms with Crippen molar-refractivity contribution in [2.75, 3.05) is 26.4 Å². The van der Waals surface area contributed by atoms with Gasteiger partial charge in [-0.25, -0.2) is 0 Å². The molecule has 0 N–H and O–H groups in total. The first-order chi connectivity index (χ1) is 12.3. The minimum atomic E-state index is -2.81. The van der Waals surface area contributed by atoms with E-state index in [0.717, 1.165) is 44.4 Å². The maximum atomic E-state index is 13.6. The molecule has 1 saturated carbocycles. The normalized spacial score (nSPS) is 21.9. The van der Waals surface area contributed by atoms with Crippen molar-refractivity contribution < 1.29 is 18.3 Å². The minimum absolute atomic E-state index is 0.159. The van der Waals surface area contributed by atoms with E-state index in [4.69, 9.17) is 9.47 Å². The standard InChI is InChI=1S/C21H39BrF2O2/c1-4-6-14-25-16-20(12-13-21(22,23)24,17-26-15-7-5-2)19-10-8-18(3)9-11-19/h18-19H,4-17H2,1-3H3. The molecule has 0 heterocycles. The summed E-state index contributed by atoms with van der Waals surface area (Å²) in [5.74, 6) is 1.15. The molecule has 1 rings (SSSR count). The van der Waals surface area contributed by atoms with Crippen LogP contribution in [0.4, 0.5) is 8.78 Å². The summed E-state index contributed by atoms with van der Waals surface area (Å²) >= 11 is 2.54. The van der Waals surface area contributed by atoms with Crippen molar-refractivity contribution in [2.45, 2.75) is 89.8 Å². The second-order valence-corrected chi connectivity index (χ2v) is 9.41. The van der Waals surface area contributed by atoms with Gasteiger partial charge in [0.15, 0.2) is 0 Å². The first kappa shape index (κ1) is 24.3. The van der Waals surface area contributed by atoms with E-state index >= 15 is 0 Å². The predicted molar refractivity (Wildman–Crippen MR) is 108 cm³/mol. The molecule has 0 aliphatic heterocycles. The van der Waals surface area contributed by atoms with Gasteiger partial charge in [0.2, 0.25) is 0 Å². The lowest BCUT2D eigenvalue weighted by Crippen LogP contribution is -2.42. The lowest BCUT2D eigenvalue weighted by atomic mass is 9.65. The number of rotatable bonds is 14. The summed E-state index contributed by atoms with van der Waals surface area (Å²) in [4.78, 5) is -2.81. The fourth-order valence-corrected chi connectivity index (χ4v) is 4.13. The Labute approximate surface area is 167 Å². The van der Waals surface area contributed by atoms with Crippen molar-refractivity contribution in [1.29, 1.82) is 0 Å². The lowest BCUT2D eigenvalue weighted by molar-refractivity contribution is -0.0809. The molecule has 0 amide bonds. The van der Waals surface area contributed by atoms with Crippen LogP contribution in [0.3, 0.4) is 0 Å². The maximum Gasteiger partial charge on any atom is 0.301 e. The fraction of sp³-hybridized carbons (Fsp3) is 1.00. The van der Waals surface area contributed by atoms with Crippen molar-refractivity contribution in [1.82, 2.24) is 0 Å². The molecule has 0 spiro atoms. The second-order valence-electron chi connectivity index (χ2n) is 8.25. The smallest absolute Gasteiger partial charge is 0.301 e. The van der Waals surface area contributed by atoms with Crippen molar-refractivity contribution >= 4 is 15.9 Å². The van der Waals surface area contributed by atoms with Gasteiger partial charge in [-0.3, -0.25) is 0 Å². The van der Waals surface area contributed by atoms with Gasteiger partial charge in [-0.05, 0) is 59.9 Å². The Bertz CT molecular complexity index is 340. The molecule has 5 heteroatoms. The van der Waals surface area contributed by atoms with Crippen molar-refractivity contribution in [3.05, 3.63) is 0 Å². The molecule has 156 valence electrons. The molecular weight excluding hydrogens is 402 g/mol. The maximum absolute atomic E-state index is 13.6. The SMILES string of the molecule is CCCCOCC(CCC(F)(F)Br)(COCCCC)C1CCC(C)CC1. The van der Waals surface area contributed by atoms with E-state index in [-0.39, 0.29) is 11.8 Å². The third-order valence-corrected chi connectivity index (χ3v) is 6.25. The zero-order valence-electron chi connectivity index (χ0n) is 17.0. The topological polar surface area (TPSA) is 18.5 Å². The van der Waals surface area contributed by atoms with Gasteiger partial charge < -0.3 is 9.47 Å². The molecule has 0 aromatic rings. The van der Waals surface area contributed by atoms with Crippen LogP contribution in [0.1, 0.15) is 85.0 Å². The predicted octanol–water partition coefficient (Wildman–Crippen LogP) is 7.20. The van der Waals surface area contributed by atoms with Gasteiger partial charge in [-0.15, -0.1) is 0 Å². The van der Waals surface area contributed by atoms with Crippen LogP contribution in [0.5, 0.6) is 0 Å². The van der Waals surface area contributed by atoms with Gasteiger partial charge in [0, 0.05) is 25.0 Å². The second kappa shape index (κ2) is 12.7.